The van der Waals surface area contributed by atoms with Crippen molar-refractivity contribution in [3.63, 3.8) is 0 Å². The molecule has 2 aromatic rings. The first-order valence-corrected chi connectivity index (χ1v) is 10.0. The zero-order valence-electron chi connectivity index (χ0n) is 15.2. The van der Waals surface area contributed by atoms with Crippen LogP contribution in [0.5, 0.6) is 5.75 Å². The van der Waals surface area contributed by atoms with E-state index in [1.165, 1.54) is 12.1 Å². The van der Waals surface area contributed by atoms with Crippen molar-refractivity contribution in [2.45, 2.75) is 24.3 Å². The van der Waals surface area contributed by atoms with Crippen LogP contribution in [0.15, 0.2) is 47.4 Å². The lowest BCUT2D eigenvalue weighted by Crippen LogP contribution is -2.22. The third-order valence-electron chi connectivity index (χ3n) is 4.80. The Labute approximate surface area is 161 Å². The third kappa shape index (κ3) is 2.90. The first-order valence-electron chi connectivity index (χ1n) is 8.50. The zero-order valence-corrected chi connectivity index (χ0v) is 16.0. The van der Waals surface area contributed by atoms with Gasteiger partial charge in [0.05, 0.1) is 16.0 Å². The first-order chi connectivity index (χ1) is 13.1. The van der Waals surface area contributed by atoms with Crippen LogP contribution in [0.1, 0.15) is 35.3 Å². The van der Waals surface area contributed by atoms with Crippen LogP contribution >= 0.6 is 0 Å². The van der Waals surface area contributed by atoms with Crippen molar-refractivity contribution in [2.75, 3.05) is 6.61 Å². The molecule has 28 heavy (non-hydrogen) atoms. The number of Topliss-reactive ketones (excluding diaryl/α,β-unsaturated/α-hetero) is 1. The van der Waals surface area contributed by atoms with Crippen LogP contribution in [0.25, 0.3) is 11.1 Å². The summed E-state index contributed by atoms with van der Waals surface area (Å²) in [7, 11) is -3.83. The maximum Gasteiger partial charge on any atom is 0.340 e. The second kappa shape index (κ2) is 6.02. The minimum atomic E-state index is -3.83. The van der Waals surface area contributed by atoms with Crippen molar-refractivity contribution >= 4 is 32.9 Å². The summed E-state index contributed by atoms with van der Waals surface area (Å²) in [5.74, 6) is -0.178. The second-order valence-corrected chi connectivity index (χ2v) is 8.70. The Bertz CT molecular complexity index is 1160. The number of carbonyl (C=O) groups is 2. The molecule has 2 N–H and O–H groups in total. The Morgan fingerprint density at radius 3 is 2.29 bits per heavy atom. The largest absolute Gasteiger partial charge is 0.485 e. The standard InChI is InChI=1S/C20H17NO6S/c1-20(2)18(11-3-6-13(7-4-11)28(21,24)25)17(19(23)27-20)12-5-8-16-14(9-12)15(22)10-26-16/h3-9H,10H2,1-2H3,(H2,21,24,25). The number of cyclic esters (lactones) is 1. The number of sulfonamides is 1. The average Bonchev–Trinajstić information content (AvgIpc) is 3.10. The fourth-order valence-corrected chi connectivity index (χ4v) is 4.07. The van der Waals surface area contributed by atoms with E-state index in [1.807, 2.05) is 0 Å². The van der Waals surface area contributed by atoms with Gasteiger partial charge in [0.1, 0.15) is 11.4 Å². The fourth-order valence-electron chi connectivity index (χ4n) is 3.55. The molecule has 8 heteroatoms. The Morgan fingerprint density at radius 1 is 1.00 bits per heavy atom. The van der Waals surface area contributed by atoms with Crippen LogP contribution in [-0.2, 0) is 19.6 Å². The summed E-state index contributed by atoms with van der Waals surface area (Å²) in [6, 6.07) is 10.9. The van der Waals surface area contributed by atoms with Gasteiger partial charge in [-0.1, -0.05) is 18.2 Å². The molecule has 4 rings (SSSR count). The molecular weight excluding hydrogens is 382 g/mol. The van der Waals surface area contributed by atoms with Gasteiger partial charge in [0.25, 0.3) is 0 Å². The lowest BCUT2D eigenvalue weighted by molar-refractivity contribution is -0.141. The third-order valence-corrected chi connectivity index (χ3v) is 5.73. The number of nitrogens with two attached hydrogens (primary N) is 1. The van der Waals surface area contributed by atoms with Crippen LogP contribution in [0, 0.1) is 0 Å². The second-order valence-electron chi connectivity index (χ2n) is 7.14. The molecule has 2 aromatic carbocycles. The maximum absolute atomic E-state index is 12.7. The average molecular weight is 399 g/mol. The van der Waals surface area contributed by atoms with Crippen molar-refractivity contribution in [3.05, 3.63) is 59.2 Å². The molecule has 0 spiro atoms. The minimum Gasteiger partial charge on any atom is -0.485 e. The molecule has 2 aliphatic heterocycles. The number of hydrogen-bond acceptors (Lipinski definition) is 6. The normalized spacial score (nSPS) is 18.1. The molecule has 0 aromatic heterocycles. The zero-order chi connectivity index (χ0) is 20.3. The predicted octanol–water partition coefficient (Wildman–Crippen LogP) is 2.16. The molecule has 0 saturated heterocycles. The smallest absolute Gasteiger partial charge is 0.340 e. The van der Waals surface area contributed by atoms with Crippen LogP contribution in [0.3, 0.4) is 0 Å². The molecule has 7 nitrogen and oxygen atoms in total. The van der Waals surface area contributed by atoms with Gasteiger partial charge in [-0.15, -0.1) is 0 Å². The van der Waals surface area contributed by atoms with Crippen LogP contribution in [0.4, 0.5) is 0 Å². The number of ketones is 1. The molecule has 144 valence electrons. The van der Waals surface area contributed by atoms with Gasteiger partial charge in [0, 0.05) is 5.57 Å². The highest BCUT2D eigenvalue weighted by atomic mass is 32.2. The first kappa shape index (κ1) is 18.4. The summed E-state index contributed by atoms with van der Waals surface area (Å²) < 4.78 is 33.9. The number of ether oxygens (including phenoxy) is 2. The van der Waals surface area contributed by atoms with Crippen molar-refractivity contribution < 1.29 is 27.5 Å². The molecule has 2 aliphatic rings. The Kier molecular flexibility index (Phi) is 3.95. The molecule has 0 bridgehead atoms. The molecule has 0 radical (unpaired) electrons. The number of fused-ring (bicyclic) bond motifs is 1. The van der Waals surface area contributed by atoms with Crippen molar-refractivity contribution in [1.82, 2.24) is 0 Å². The van der Waals surface area contributed by atoms with Gasteiger partial charge in [-0.2, -0.15) is 0 Å². The quantitative estimate of drug-likeness (QED) is 0.792. The topological polar surface area (TPSA) is 113 Å². The molecule has 0 amide bonds. The lowest BCUT2D eigenvalue weighted by atomic mass is 9.86. The molecule has 0 atom stereocenters. The number of rotatable bonds is 3. The van der Waals surface area contributed by atoms with E-state index >= 15 is 0 Å². The van der Waals surface area contributed by atoms with Gasteiger partial charge in [0.15, 0.2) is 6.61 Å². The lowest BCUT2D eigenvalue weighted by Gasteiger charge is -2.21. The maximum atomic E-state index is 12.7. The van der Waals surface area contributed by atoms with E-state index in [0.717, 1.165) is 0 Å². The van der Waals surface area contributed by atoms with E-state index in [0.29, 0.717) is 33.6 Å². The number of hydrogen-bond donors (Lipinski definition) is 1. The summed E-state index contributed by atoms with van der Waals surface area (Å²) >= 11 is 0. The molecule has 2 heterocycles. The SMILES string of the molecule is CC1(C)OC(=O)C(c2ccc3c(c2)C(=O)CO3)=C1c1ccc(S(N)(=O)=O)cc1. The van der Waals surface area contributed by atoms with Gasteiger partial charge in [-0.05, 0) is 49.2 Å². The predicted molar refractivity (Wildman–Crippen MR) is 101 cm³/mol. The van der Waals surface area contributed by atoms with E-state index < -0.39 is 21.6 Å². The Hall–Kier alpha value is -2.97. The summed E-state index contributed by atoms with van der Waals surface area (Å²) in [6.07, 6.45) is 0. The van der Waals surface area contributed by atoms with Crippen molar-refractivity contribution in [3.8, 4) is 5.75 Å². The van der Waals surface area contributed by atoms with Crippen molar-refractivity contribution in [1.29, 1.82) is 0 Å². The van der Waals surface area contributed by atoms with E-state index in [-0.39, 0.29) is 17.3 Å². The Balaban J connectivity index is 1.91. The molecule has 0 saturated carbocycles. The van der Waals surface area contributed by atoms with E-state index in [9.17, 15) is 18.0 Å². The molecule has 0 fully saturated rings. The summed E-state index contributed by atoms with van der Waals surface area (Å²) in [5, 5.41) is 5.16. The fraction of sp³-hybridized carbons (Fsp3) is 0.200. The Morgan fingerprint density at radius 2 is 1.64 bits per heavy atom. The minimum absolute atomic E-state index is 0.0182. The molecule has 0 aliphatic carbocycles. The monoisotopic (exact) mass is 399 g/mol. The molecule has 0 unspecified atom stereocenters. The van der Waals surface area contributed by atoms with Crippen LogP contribution in [-0.4, -0.2) is 32.4 Å². The van der Waals surface area contributed by atoms with Gasteiger partial charge >= 0.3 is 5.97 Å². The number of benzene rings is 2. The highest BCUT2D eigenvalue weighted by Crippen LogP contribution is 2.44. The summed E-state index contributed by atoms with van der Waals surface area (Å²) in [4.78, 5) is 24.6. The van der Waals surface area contributed by atoms with Gasteiger partial charge < -0.3 is 9.47 Å². The van der Waals surface area contributed by atoms with Crippen LogP contribution < -0.4 is 9.88 Å². The number of esters is 1. The van der Waals surface area contributed by atoms with E-state index in [4.69, 9.17) is 14.6 Å². The van der Waals surface area contributed by atoms with E-state index in [1.54, 1.807) is 44.2 Å². The number of primary sulfonamides is 1. The van der Waals surface area contributed by atoms with Crippen LogP contribution in [0.2, 0.25) is 0 Å². The van der Waals surface area contributed by atoms with Gasteiger partial charge in [0.2, 0.25) is 15.8 Å². The van der Waals surface area contributed by atoms with Gasteiger partial charge in [-0.25, -0.2) is 18.4 Å². The molecular formula is C20H17NO6S. The summed E-state index contributed by atoms with van der Waals surface area (Å²) in [6.45, 7) is 3.49. The van der Waals surface area contributed by atoms with Gasteiger partial charge in [-0.3, -0.25) is 4.79 Å². The van der Waals surface area contributed by atoms with Crippen molar-refractivity contribution in [2.24, 2.45) is 5.14 Å². The summed E-state index contributed by atoms with van der Waals surface area (Å²) in [5.41, 5.74) is 1.58. The number of carbonyl (C=O) groups excluding carboxylic acids is 2. The highest BCUT2D eigenvalue weighted by Gasteiger charge is 2.42. The van der Waals surface area contributed by atoms with E-state index in [2.05, 4.69) is 0 Å². The highest BCUT2D eigenvalue weighted by molar-refractivity contribution is 7.89.